The summed E-state index contributed by atoms with van der Waals surface area (Å²) < 4.78 is 19.0. The Balaban J connectivity index is 2.04. The van der Waals surface area contributed by atoms with Crippen molar-refractivity contribution in [1.82, 2.24) is 9.66 Å². The Morgan fingerprint density at radius 2 is 1.91 bits per heavy atom. The van der Waals surface area contributed by atoms with Crippen LogP contribution in [0, 0.1) is 0 Å². The van der Waals surface area contributed by atoms with Gasteiger partial charge in [-0.2, -0.15) is 9.78 Å². The third kappa shape index (κ3) is 6.10. The summed E-state index contributed by atoms with van der Waals surface area (Å²) in [7, 11) is 1.50. The molecule has 0 N–H and O–H groups in total. The Hall–Kier alpha value is -2.72. The van der Waals surface area contributed by atoms with Crippen molar-refractivity contribution in [2.45, 2.75) is 46.1 Å². The Morgan fingerprint density at radius 3 is 2.57 bits per heavy atom. The van der Waals surface area contributed by atoms with Crippen LogP contribution in [0.1, 0.15) is 51.4 Å². The first kappa shape index (κ1) is 26.9. The van der Waals surface area contributed by atoms with Crippen LogP contribution in [-0.2, 0) is 9.53 Å². The van der Waals surface area contributed by atoms with Crippen molar-refractivity contribution >= 4 is 54.9 Å². The van der Waals surface area contributed by atoms with Crippen molar-refractivity contribution in [3.8, 4) is 11.5 Å². The molecule has 0 aliphatic heterocycles. The topological polar surface area (TPSA) is 92.0 Å². The number of halogens is 2. The van der Waals surface area contributed by atoms with Crippen LogP contribution in [0.15, 0.2) is 49.2 Å². The monoisotopic (exact) mass is 607 g/mol. The van der Waals surface area contributed by atoms with Crippen molar-refractivity contribution in [3.63, 3.8) is 0 Å². The van der Waals surface area contributed by atoms with Gasteiger partial charge in [-0.05, 0) is 66.5 Å². The quantitative estimate of drug-likeness (QED) is 0.230. The number of carbonyl (C=O) groups excluding carboxylic acids is 1. The number of fused-ring (bicyclic) bond motifs is 1. The summed E-state index contributed by atoms with van der Waals surface area (Å²) >= 11 is 6.94. The molecule has 0 aliphatic rings. The Kier molecular flexibility index (Phi) is 9.07. The minimum atomic E-state index is -0.810. The molecule has 0 saturated carbocycles. The van der Waals surface area contributed by atoms with Gasteiger partial charge in [-0.15, -0.1) is 0 Å². The van der Waals surface area contributed by atoms with Crippen molar-refractivity contribution in [2.75, 3.05) is 13.7 Å². The van der Waals surface area contributed by atoms with Crippen LogP contribution >= 0.6 is 31.9 Å². The highest BCUT2D eigenvalue weighted by atomic mass is 79.9. The second kappa shape index (κ2) is 11.8. The van der Waals surface area contributed by atoms with Gasteiger partial charge < -0.3 is 14.2 Å². The molecule has 0 spiro atoms. The van der Waals surface area contributed by atoms with Gasteiger partial charge >= 0.3 is 5.97 Å². The maximum atomic E-state index is 13.3. The molecule has 3 aromatic rings. The summed E-state index contributed by atoms with van der Waals surface area (Å²) in [5, 5.41) is 4.97. The summed E-state index contributed by atoms with van der Waals surface area (Å²) in [5.74, 6) is 0.900. The Labute approximate surface area is 220 Å². The normalized spacial score (nSPS) is 13.1. The van der Waals surface area contributed by atoms with E-state index in [4.69, 9.17) is 19.2 Å². The molecule has 35 heavy (non-hydrogen) atoms. The van der Waals surface area contributed by atoms with Gasteiger partial charge in [0.15, 0.2) is 17.6 Å². The highest BCUT2D eigenvalue weighted by Crippen LogP contribution is 2.34. The number of rotatable bonds is 9. The van der Waals surface area contributed by atoms with E-state index >= 15 is 0 Å². The average molecular weight is 609 g/mol. The lowest BCUT2D eigenvalue weighted by Gasteiger charge is -2.17. The highest BCUT2D eigenvalue weighted by molar-refractivity contribution is 9.10. The average Bonchev–Trinajstić information content (AvgIpc) is 2.84. The van der Waals surface area contributed by atoms with Gasteiger partial charge in [-0.3, -0.25) is 4.79 Å². The number of hydrogen-bond donors (Lipinski definition) is 0. The van der Waals surface area contributed by atoms with Gasteiger partial charge in [0.05, 0.1) is 30.8 Å². The van der Waals surface area contributed by atoms with Gasteiger partial charge in [0.25, 0.3) is 5.56 Å². The third-order valence-corrected chi connectivity index (χ3v) is 6.58. The predicted octanol–water partition coefficient (Wildman–Crippen LogP) is 5.66. The molecule has 0 saturated heterocycles. The number of carbonyl (C=O) groups is 1. The van der Waals surface area contributed by atoms with Crippen LogP contribution in [-0.4, -0.2) is 41.7 Å². The van der Waals surface area contributed by atoms with Crippen LogP contribution in [0.2, 0.25) is 0 Å². The number of esters is 1. The lowest BCUT2D eigenvalue weighted by Crippen LogP contribution is -2.26. The van der Waals surface area contributed by atoms with Gasteiger partial charge in [-0.25, -0.2) is 9.78 Å². The molecule has 0 bridgehead atoms. The highest BCUT2D eigenvalue weighted by Gasteiger charge is 2.20. The van der Waals surface area contributed by atoms with E-state index in [9.17, 15) is 9.59 Å². The number of aromatic nitrogens is 2. The molecular weight excluding hydrogens is 582 g/mol. The van der Waals surface area contributed by atoms with E-state index in [1.165, 1.54) is 11.8 Å². The first-order valence-corrected chi connectivity index (χ1v) is 12.8. The van der Waals surface area contributed by atoms with Crippen LogP contribution in [0.5, 0.6) is 11.5 Å². The van der Waals surface area contributed by atoms with Gasteiger partial charge in [0, 0.05) is 20.4 Å². The van der Waals surface area contributed by atoms with Crippen LogP contribution < -0.4 is 15.0 Å². The largest absolute Gasteiger partial charge is 0.493 e. The molecule has 8 nitrogen and oxygen atoms in total. The molecule has 1 aromatic heterocycles. The summed E-state index contributed by atoms with van der Waals surface area (Å²) in [5.41, 5.74) is 1.02. The second-order valence-corrected chi connectivity index (χ2v) is 9.61. The Bertz CT molecular complexity index is 1320. The first-order valence-electron chi connectivity index (χ1n) is 11.2. The fourth-order valence-electron chi connectivity index (χ4n) is 3.30. The molecule has 2 aromatic carbocycles. The molecule has 0 amide bonds. The predicted molar refractivity (Wildman–Crippen MR) is 143 cm³/mol. The van der Waals surface area contributed by atoms with E-state index in [1.807, 2.05) is 26.0 Å². The zero-order valence-electron chi connectivity index (χ0n) is 20.2. The molecule has 2 atom stereocenters. The van der Waals surface area contributed by atoms with Crippen molar-refractivity contribution in [1.29, 1.82) is 0 Å². The smallest absolute Gasteiger partial charge is 0.347 e. The standard InChI is InChI=1S/C25H27Br2N3O5/c1-6-14(3)23-29-20-9-8-17(26)11-18(20)24(31)30(23)28-13-16-10-21(33-5)22(12-19(16)27)35-15(4)25(32)34-7-2/h8-15H,6-7H2,1-5H3/t14-,15+/m1/s1. The van der Waals surface area contributed by atoms with E-state index in [-0.39, 0.29) is 18.1 Å². The number of benzene rings is 2. The molecule has 0 aliphatic carbocycles. The zero-order valence-corrected chi connectivity index (χ0v) is 23.3. The molecule has 0 fully saturated rings. The second-order valence-electron chi connectivity index (χ2n) is 7.84. The van der Waals surface area contributed by atoms with Gasteiger partial charge in [-0.1, -0.05) is 29.8 Å². The number of hydrogen-bond acceptors (Lipinski definition) is 7. The van der Waals surface area contributed by atoms with Crippen molar-refractivity contribution in [2.24, 2.45) is 5.10 Å². The molecular formula is C25H27Br2N3O5. The zero-order chi connectivity index (χ0) is 25.7. The van der Waals surface area contributed by atoms with E-state index in [0.29, 0.717) is 38.3 Å². The maximum absolute atomic E-state index is 13.3. The number of methoxy groups -OCH3 is 1. The number of ether oxygens (including phenoxy) is 3. The van der Waals surface area contributed by atoms with E-state index in [1.54, 1.807) is 38.3 Å². The van der Waals surface area contributed by atoms with E-state index in [0.717, 1.165) is 10.9 Å². The molecule has 3 rings (SSSR count). The Morgan fingerprint density at radius 1 is 1.17 bits per heavy atom. The molecule has 0 unspecified atom stereocenters. The van der Waals surface area contributed by atoms with Crippen LogP contribution in [0.25, 0.3) is 10.9 Å². The lowest BCUT2D eigenvalue weighted by atomic mass is 10.1. The van der Waals surface area contributed by atoms with E-state index in [2.05, 4.69) is 37.0 Å². The van der Waals surface area contributed by atoms with Crippen LogP contribution in [0.4, 0.5) is 0 Å². The maximum Gasteiger partial charge on any atom is 0.347 e. The minimum absolute atomic E-state index is 0.0195. The SMILES string of the molecule is CCOC(=O)[C@H](C)Oc1cc(Br)c(C=Nn2c([C@H](C)CC)nc3ccc(Br)cc3c2=O)cc1OC. The minimum Gasteiger partial charge on any atom is -0.493 e. The van der Waals surface area contributed by atoms with Crippen molar-refractivity contribution < 1.29 is 19.0 Å². The first-order chi connectivity index (χ1) is 16.7. The number of nitrogens with zero attached hydrogens (tertiary/aromatic N) is 3. The molecule has 1 heterocycles. The third-order valence-electron chi connectivity index (χ3n) is 5.40. The summed E-state index contributed by atoms with van der Waals surface area (Å²) in [4.78, 5) is 30.0. The van der Waals surface area contributed by atoms with Crippen LogP contribution in [0.3, 0.4) is 0 Å². The summed E-state index contributed by atoms with van der Waals surface area (Å²) in [6.45, 7) is 7.65. The summed E-state index contributed by atoms with van der Waals surface area (Å²) in [6.07, 6.45) is 1.55. The molecule has 0 radical (unpaired) electrons. The summed E-state index contributed by atoms with van der Waals surface area (Å²) in [6, 6.07) is 8.81. The van der Waals surface area contributed by atoms with E-state index < -0.39 is 12.1 Å². The van der Waals surface area contributed by atoms with Gasteiger partial charge in [0.1, 0.15) is 5.82 Å². The fourth-order valence-corrected chi connectivity index (χ4v) is 4.08. The van der Waals surface area contributed by atoms with Crippen molar-refractivity contribution in [3.05, 3.63) is 61.0 Å². The molecule has 10 heteroatoms. The fraction of sp³-hybridized carbons (Fsp3) is 0.360. The molecule has 186 valence electrons. The lowest BCUT2D eigenvalue weighted by molar-refractivity contribution is -0.150. The van der Waals surface area contributed by atoms with Gasteiger partial charge in [0.2, 0.25) is 0 Å².